The lowest BCUT2D eigenvalue weighted by Gasteiger charge is -2.25. The number of ether oxygens (including phenoxy) is 1. The van der Waals surface area contributed by atoms with Crippen molar-refractivity contribution in [2.75, 3.05) is 0 Å². The van der Waals surface area contributed by atoms with Crippen LogP contribution in [0.15, 0.2) is 29.2 Å². The van der Waals surface area contributed by atoms with E-state index in [1.807, 2.05) is 0 Å². The molecule has 0 bridgehead atoms. The number of hydrogen-bond donors (Lipinski definition) is 1. The first-order chi connectivity index (χ1) is 11.0. The molecule has 1 N–H and O–H groups in total. The Morgan fingerprint density at radius 2 is 1.65 bits per heavy atom. The van der Waals surface area contributed by atoms with E-state index in [4.69, 9.17) is 4.74 Å². The Morgan fingerprint density at radius 3 is 2.17 bits per heavy atom. The number of carbonyl (C=O) groups is 1. The Kier molecular flexibility index (Phi) is 4.73. The van der Waals surface area contributed by atoms with Gasteiger partial charge in [-0.25, -0.2) is 13.2 Å². The van der Waals surface area contributed by atoms with Gasteiger partial charge in [-0.2, -0.15) is 0 Å². The number of rotatable bonds is 6. The molecular weight excluding hydrogens is 316 g/mol. The molecule has 0 heterocycles. The van der Waals surface area contributed by atoms with Gasteiger partial charge in [0.05, 0.1) is 16.2 Å². The van der Waals surface area contributed by atoms with Gasteiger partial charge in [-0.15, -0.1) is 0 Å². The van der Waals surface area contributed by atoms with Crippen LogP contribution in [0.2, 0.25) is 0 Å². The molecule has 0 aliphatic heterocycles. The zero-order chi connectivity index (χ0) is 16.4. The molecular formula is C17H22O5S. The van der Waals surface area contributed by atoms with Crippen LogP contribution in [0, 0.1) is 0 Å². The lowest BCUT2D eigenvalue weighted by atomic mass is 9.97. The van der Waals surface area contributed by atoms with E-state index >= 15 is 0 Å². The van der Waals surface area contributed by atoms with E-state index in [9.17, 15) is 18.3 Å². The van der Waals surface area contributed by atoms with Crippen molar-refractivity contribution in [1.82, 2.24) is 0 Å². The van der Waals surface area contributed by atoms with Gasteiger partial charge in [0.25, 0.3) is 0 Å². The summed E-state index contributed by atoms with van der Waals surface area (Å²) in [5, 5.41) is 9.18. The second-order valence-electron chi connectivity index (χ2n) is 6.43. The summed E-state index contributed by atoms with van der Waals surface area (Å²) >= 11 is 0. The van der Waals surface area contributed by atoms with Gasteiger partial charge in [0.15, 0.2) is 15.9 Å². The highest BCUT2D eigenvalue weighted by molar-refractivity contribution is 7.92. The molecule has 1 aromatic carbocycles. The maximum Gasteiger partial charge on any atom is 0.337 e. The number of carboxylic acids is 1. The zero-order valence-corrected chi connectivity index (χ0v) is 13.8. The van der Waals surface area contributed by atoms with E-state index in [1.54, 1.807) is 12.1 Å². The molecule has 3 rings (SSSR count). The van der Waals surface area contributed by atoms with Crippen molar-refractivity contribution in [2.45, 2.75) is 67.3 Å². The van der Waals surface area contributed by atoms with E-state index in [0.29, 0.717) is 18.4 Å². The fourth-order valence-corrected chi connectivity index (χ4v) is 4.73. The number of carboxylic acid groups (broad SMARTS) is 1. The normalized spacial score (nSPS) is 21.0. The molecule has 0 aromatic heterocycles. The van der Waals surface area contributed by atoms with Crippen LogP contribution in [-0.2, 0) is 19.4 Å². The summed E-state index contributed by atoms with van der Waals surface area (Å²) in [5.74, 6) is -1.03. The van der Waals surface area contributed by atoms with E-state index < -0.39 is 21.9 Å². The molecule has 1 atom stereocenters. The molecule has 0 saturated heterocycles. The highest BCUT2D eigenvalue weighted by atomic mass is 32.2. The molecule has 5 nitrogen and oxygen atoms in total. The second-order valence-corrected chi connectivity index (χ2v) is 8.66. The Morgan fingerprint density at radius 1 is 1.04 bits per heavy atom. The Labute approximate surface area is 136 Å². The summed E-state index contributed by atoms with van der Waals surface area (Å²) < 4.78 is 30.1. The van der Waals surface area contributed by atoms with Crippen LogP contribution in [0.5, 0.6) is 0 Å². The predicted molar refractivity (Wildman–Crippen MR) is 85.0 cm³/mol. The molecule has 1 aromatic rings. The topological polar surface area (TPSA) is 80.7 Å². The van der Waals surface area contributed by atoms with Crippen molar-refractivity contribution >= 4 is 15.8 Å². The molecule has 0 spiro atoms. The third-order valence-corrected chi connectivity index (χ3v) is 6.86. The van der Waals surface area contributed by atoms with Crippen molar-refractivity contribution < 1.29 is 23.1 Å². The van der Waals surface area contributed by atoms with Gasteiger partial charge in [-0.05, 0) is 43.4 Å². The predicted octanol–water partition coefficient (Wildman–Crippen LogP) is 3.10. The molecule has 126 valence electrons. The molecule has 0 radical (unpaired) electrons. The van der Waals surface area contributed by atoms with Crippen molar-refractivity contribution in [3.63, 3.8) is 0 Å². The van der Waals surface area contributed by atoms with Gasteiger partial charge in [-0.3, -0.25) is 0 Å². The summed E-state index contributed by atoms with van der Waals surface area (Å²) in [7, 11) is -3.24. The van der Waals surface area contributed by atoms with Crippen LogP contribution in [0.25, 0.3) is 0 Å². The van der Waals surface area contributed by atoms with Crippen LogP contribution in [0.1, 0.15) is 56.6 Å². The molecule has 23 heavy (non-hydrogen) atoms. The van der Waals surface area contributed by atoms with Gasteiger partial charge in [0.2, 0.25) is 0 Å². The molecule has 2 fully saturated rings. The monoisotopic (exact) mass is 338 g/mol. The SMILES string of the molecule is O=C(O)C(OC1CCCCC1)c1ccc(S(=O)(=O)C2CC2)cc1. The first-order valence-corrected chi connectivity index (χ1v) is 9.75. The average molecular weight is 338 g/mol. The molecule has 2 aliphatic carbocycles. The standard InChI is InChI=1S/C17H22O5S/c18-17(19)16(22-13-4-2-1-3-5-13)12-6-8-14(9-7-12)23(20,21)15-10-11-15/h6-9,13,15-16H,1-5,10-11H2,(H,18,19). The van der Waals surface area contributed by atoms with Gasteiger partial charge < -0.3 is 9.84 Å². The number of aliphatic carboxylic acids is 1. The third-order valence-electron chi connectivity index (χ3n) is 4.58. The summed E-state index contributed by atoms with van der Waals surface area (Å²) in [4.78, 5) is 11.8. The lowest BCUT2D eigenvalue weighted by Crippen LogP contribution is -2.24. The van der Waals surface area contributed by atoms with Crippen molar-refractivity contribution in [2.24, 2.45) is 0 Å². The maximum absolute atomic E-state index is 12.2. The summed E-state index contributed by atoms with van der Waals surface area (Å²) in [5.41, 5.74) is 0.498. The van der Waals surface area contributed by atoms with Crippen molar-refractivity contribution in [3.8, 4) is 0 Å². The summed E-state index contributed by atoms with van der Waals surface area (Å²) in [6.07, 6.45) is 5.45. The molecule has 2 aliphatic rings. The Hall–Kier alpha value is -1.40. The molecule has 2 saturated carbocycles. The van der Waals surface area contributed by atoms with Crippen molar-refractivity contribution in [3.05, 3.63) is 29.8 Å². The number of sulfone groups is 1. The van der Waals surface area contributed by atoms with E-state index in [2.05, 4.69) is 0 Å². The van der Waals surface area contributed by atoms with Gasteiger partial charge >= 0.3 is 5.97 Å². The average Bonchev–Trinajstić information content (AvgIpc) is 3.39. The Bertz CT molecular complexity index is 655. The molecule has 0 amide bonds. The number of benzene rings is 1. The minimum Gasteiger partial charge on any atom is -0.479 e. The summed E-state index contributed by atoms with van der Waals surface area (Å²) in [6.45, 7) is 0. The van der Waals surface area contributed by atoms with Crippen LogP contribution in [0.3, 0.4) is 0 Å². The lowest BCUT2D eigenvalue weighted by molar-refractivity contribution is -0.156. The van der Waals surface area contributed by atoms with Crippen LogP contribution >= 0.6 is 0 Å². The van der Waals surface area contributed by atoms with Crippen LogP contribution in [0.4, 0.5) is 0 Å². The molecule has 6 heteroatoms. The third kappa shape index (κ3) is 3.75. The minimum atomic E-state index is -3.24. The van der Waals surface area contributed by atoms with E-state index in [-0.39, 0.29) is 16.2 Å². The molecule has 1 unspecified atom stereocenters. The second kappa shape index (κ2) is 6.61. The first kappa shape index (κ1) is 16.5. The first-order valence-electron chi connectivity index (χ1n) is 8.20. The van der Waals surface area contributed by atoms with Crippen LogP contribution < -0.4 is 0 Å². The largest absolute Gasteiger partial charge is 0.479 e. The quantitative estimate of drug-likeness (QED) is 0.862. The van der Waals surface area contributed by atoms with Gasteiger partial charge in [0.1, 0.15) is 0 Å². The van der Waals surface area contributed by atoms with Crippen LogP contribution in [-0.4, -0.2) is 30.8 Å². The van der Waals surface area contributed by atoms with Gasteiger partial charge in [-0.1, -0.05) is 31.4 Å². The Balaban J connectivity index is 1.75. The fraction of sp³-hybridized carbons (Fsp3) is 0.588. The number of hydrogen-bond acceptors (Lipinski definition) is 4. The van der Waals surface area contributed by atoms with Gasteiger partial charge in [0, 0.05) is 0 Å². The zero-order valence-electron chi connectivity index (χ0n) is 13.0. The fourth-order valence-electron chi connectivity index (χ4n) is 3.08. The van der Waals surface area contributed by atoms with Crippen molar-refractivity contribution in [1.29, 1.82) is 0 Å². The minimum absolute atomic E-state index is 0.0280. The highest BCUT2D eigenvalue weighted by Gasteiger charge is 2.37. The smallest absolute Gasteiger partial charge is 0.337 e. The van der Waals surface area contributed by atoms with E-state index in [1.165, 1.54) is 18.6 Å². The maximum atomic E-state index is 12.2. The highest BCUT2D eigenvalue weighted by Crippen LogP contribution is 2.34. The summed E-state index contributed by atoms with van der Waals surface area (Å²) in [6, 6.07) is 6.14. The van der Waals surface area contributed by atoms with E-state index in [0.717, 1.165) is 25.7 Å².